The van der Waals surface area contributed by atoms with Crippen LogP contribution in [-0.4, -0.2) is 10.9 Å². The zero-order valence-corrected chi connectivity index (χ0v) is 12.3. The average molecular weight is 320 g/mol. The third-order valence-corrected chi connectivity index (χ3v) is 3.72. The summed E-state index contributed by atoms with van der Waals surface area (Å²) in [5, 5.41) is 2.77. The van der Waals surface area contributed by atoms with Crippen molar-refractivity contribution < 1.29 is 4.79 Å². The van der Waals surface area contributed by atoms with E-state index in [0.29, 0.717) is 17.1 Å². The monoisotopic (exact) mass is 319 g/mol. The number of nitrogens with one attached hydrogen (secondary N) is 1. The zero-order valence-electron chi connectivity index (χ0n) is 10.7. The van der Waals surface area contributed by atoms with Gasteiger partial charge in [0.25, 0.3) is 5.91 Å². The Balaban J connectivity index is 2.26. The maximum atomic E-state index is 12.2. The fourth-order valence-electron chi connectivity index (χ4n) is 1.70. The molecule has 0 fully saturated rings. The number of amides is 1. The molecule has 2 aromatic rings. The number of carbonyl (C=O) groups is 1. The molecule has 0 aliphatic rings. The van der Waals surface area contributed by atoms with Crippen LogP contribution >= 0.6 is 15.9 Å². The number of aryl methyl sites for hydroxylation is 1. The number of benzene rings is 1. The summed E-state index contributed by atoms with van der Waals surface area (Å²) in [6, 6.07) is 8.87. The third-order valence-electron chi connectivity index (χ3n) is 2.88. The largest absolute Gasteiger partial charge is 0.398 e. The zero-order chi connectivity index (χ0) is 14.0. The quantitative estimate of drug-likeness (QED) is 0.834. The van der Waals surface area contributed by atoms with Crippen molar-refractivity contribution in [3.05, 3.63) is 51.6 Å². The highest BCUT2D eigenvalue weighted by Gasteiger charge is 2.11. The molecule has 0 aliphatic carbocycles. The number of anilines is 2. The van der Waals surface area contributed by atoms with Crippen LogP contribution < -0.4 is 11.1 Å². The van der Waals surface area contributed by atoms with Gasteiger partial charge in [-0.25, -0.2) is 4.98 Å². The highest BCUT2D eigenvalue weighted by Crippen LogP contribution is 2.19. The van der Waals surface area contributed by atoms with Crippen LogP contribution in [0.15, 0.2) is 34.8 Å². The van der Waals surface area contributed by atoms with Crippen molar-refractivity contribution in [3.8, 4) is 0 Å². The minimum atomic E-state index is -0.209. The molecule has 0 aliphatic heterocycles. The van der Waals surface area contributed by atoms with Gasteiger partial charge in [-0.15, -0.1) is 0 Å². The fourth-order valence-corrected chi connectivity index (χ4v) is 1.92. The minimum Gasteiger partial charge on any atom is -0.398 e. The molecule has 1 heterocycles. The van der Waals surface area contributed by atoms with E-state index in [4.69, 9.17) is 5.73 Å². The van der Waals surface area contributed by atoms with E-state index in [1.54, 1.807) is 24.3 Å². The van der Waals surface area contributed by atoms with E-state index in [-0.39, 0.29) is 5.91 Å². The normalized spacial score (nSPS) is 10.3. The van der Waals surface area contributed by atoms with Gasteiger partial charge in [0.2, 0.25) is 0 Å². The Morgan fingerprint density at radius 2 is 2.00 bits per heavy atom. The standard InChI is InChI=1S/C14H14BrN3O/c1-8-10(4-3-5-12(8)16)14(19)18-13-7-6-11(15)9(2)17-13/h3-7H,16H2,1-2H3,(H,17,18,19). The molecule has 0 atom stereocenters. The van der Waals surface area contributed by atoms with Crippen LogP contribution in [0.1, 0.15) is 21.6 Å². The molecular formula is C14H14BrN3O. The Morgan fingerprint density at radius 1 is 1.26 bits per heavy atom. The lowest BCUT2D eigenvalue weighted by molar-refractivity contribution is 0.102. The van der Waals surface area contributed by atoms with Gasteiger partial charge in [0.15, 0.2) is 0 Å². The molecular weight excluding hydrogens is 306 g/mol. The van der Waals surface area contributed by atoms with Gasteiger partial charge in [-0.05, 0) is 59.6 Å². The average Bonchev–Trinajstić information content (AvgIpc) is 2.37. The SMILES string of the molecule is Cc1nc(NC(=O)c2cccc(N)c2C)ccc1Br. The molecule has 0 unspecified atom stereocenters. The summed E-state index contributed by atoms with van der Waals surface area (Å²) in [7, 11) is 0. The van der Waals surface area contributed by atoms with E-state index in [1.807, 2.05) is 19.9 Å². The number of rotatable bonds is 2. The molecule has 5 heteroatoms. The van der Waals surface area contributed by atoms with Crippen molar-refractivity contribution in [2.24, 2.45) is 0 Å². The lowest BCUT2D eigenvalue weighted by Gasteiger charge is -2.09. The number of halogens is 1. The van der Waals surface area contributed by atoms with Crippen molar-refractivity contribution in [2.75, 3.05) is 11.1 Å². The molecule has 2 rings (SSSR count). The van der Waals surface area contributed by atoms with Crippen molar-refractivity contribution in [1.29, 1.82) is 0 Å². The summed E-state index contributed by atoms with van der Waals surface area (Å²) in [5.74, 6) is 0.312. The predicted molar refractivity (Wildman–Crippen MR) is 80.2 cm³/mol. The number of nitrogen functional groups attached to an aromatic ring is 1. The molecule has 0 radical (unpaired) electrons. The number of pyridine rings is 1. The van der Waals surface area contributed by atoms with Crippen LogP contribution in [0.2, 0.25) is 0 Å². The van der Waals surface area contributed by atoms with Gasteiger partial charge >= 0.3 is 0 Å². The minimum absolute atomic E-state index is 0.209. The van der Waals surface area contributed by atoms with Crippen molar-refractivity contribution >= 4 is 33.3 Å². The number of nitrogens with two attached hydrogens (primary N) is 1. The molecule has 0 spiro atoms. The molecule has 4 nitrogen and oxygen atoms in total. The second-order valence-corrected chi connectivity index (χ2v) is 5.09. The van der Waals surface area contributed by atoms with E-state index in [1.165, 1.54) is 0 Å². The van der Waals surface area contributed by atoms with Crippen LogP contribution in [0, 0.1) is 13.8 Å². The van der Waals surface area contributed by atoms with Gasteiger partial charge in [0.05, 0.1) is 5.69 Å². The first kappa shape index (κ1) is 13.5. The molecule has 3 N–H and O–H groups in total. The van der Waals surface area contributed by atoms with Gasteiger partial charge in [0, 0.05) is 15.7 Å². The Labute approximate surface area is 120 Å². The summed E-state index contributed by atoms with van der Waals surface area (Å²) in [5.41, 5.74) is 8.55. The topological polar surface area (TPSA) is 68.0 Å². The van der Waals surface area contributed by atoms with Crippen LogP contribution in [-0.2, 0) is 0 Å². The molecule has 19 heavy (non-hydrogen) atoms. The maximum Gasteiger partial charge on any atom is 0.257 e. The number of carbonyl (C=O) groups excluding carboxylic acids is 1. The first-order valence-electron chi connectivity index (χ1n) is 5.78. The van der Waals surface area contributed by atoms with Crippen LogP contribution in [0.25, 0.3) is 0 Å². The smallest absolute Gasteiger partial charge is 0.257 e. The lowest BCUT2D eigenvalue weighted by Crippen LogP contribution is -2.15. The van der Waals surface area contributed by atoms with E-state index >= 15 is 0 Å². The molecule has 1 aromatic carbocycles. The summed E-state index contributed by atoms with van der Waals surface area (Å²) in [6.45, 7) is 3.69. The van der Waals surface area contributed by atoms with E-state index in [0.717, 1.165) is 15.7 Å². The highest BCUT2D eigenvalue weighted by atomic mass is 79.9. The fraction of sp³-hybridized carbons (Fsp3) is 0.143. The van der Waals surface area contributed by atoms with Gasteiger partial charge in [-0.1, -0.05) is 6.07 Å². The van der Waals surface area contributed by atoms with E-state index in [9.17, 15) is 4.79 Å². The number of hydrogen-bond donors (Lipinski definition) is 2. The van der Waals surface area contributed by atoms with Crippen LogP contribution in [0.4, 0.5) is 11.5 Å². The summed E-state index contributed by atoms with van der Waals surface area (Å²) in [4.78, 5) is 16.4. The van der Waals surface area contributed by atoms with Crippen molar-refractivity contribution in [2.45, 2.75) is 13.8 Å². The summed E-state index contributed by atoms with van der Waals surface area (Å²) < 4.78 is 0.908. The molecule has 98 valence electrons. The first-order chi connectivity index (χ1) is 8.99. The van der Waals surface area contributed by atoms with Crippen LogP contribution in [0.3, 0.4) is 0 Å². The maximum absolute atomic E-state index is 12.2. The van der Waals surface area contributed by atoms with Gasteiger partial charge in [0.1, 0.15) is 5.82 Å². The predicted octanol–water partition coefficient (Wildman–Crippen LogP) is 3.30. The van der Waals surface area contributed by atoms with E-state index in [2.05, 4.69) is 26.2 Å². The summed E-state index contributed by atoms with van der Waals surface area (Å²) in [6.07, 6.45) is 0. The van der Waals surface area contributed by atoms with Crippen molar-refractivity contribution in [3.63, 3.8) is 0 Å². The second kappa shape index (κ2) is 5.40. The molecule has 1 amide bonds. The molecule has 0 saturated heterocycles. The van der Waals surface area contributed by atoms with E-state index < -0.39 is 0 Å². The molecule has 0 saturated carbocycles. The summed E-state index contributed by atoms with van der Waals surface area (Å²) >= 11 is 3.37. The molecule has 1 aromatic heterocycles. The third kappa shape index (κ3) is 2.93. The van der Waals surface area contributed by atoms with Gasteiger partial charge in [-0.2, -0.15) is 0 Å². The Morgan fingerprint density at radius 3 is 2.68 bits per heavy atom. The number of nitrogens with zero attached hydrogens (tertiary/aromatic N) is 1. The Kier molecular flexibility index (Phi) is 3.85. The molecule has 0 bridgehead atoms. The Bertz CT molecular complexity index is 641. The lowest BCUT2D eigenvalue weighted by atomic mass is 10.1. The van der Waals surface area contributed by atoms with Gasteiger partial charge in [-0.3, -0.25) is 4.79 Å². The van der Waals surface area contributed by atoms with Gasteiger partial charge < -0.3 is 11.1 Å². The number of hydrogen-bond acceptors (Lipinski definition) is 3. The second-order valence-electron chi connectivity index (χ2n) is 4.24. The van der Waals surface area contributed by atoms with Crippen LogP contribution in [0.5, 0.6) is 0 Å². The van der Waals surface area contributed by atoms with Crippen molar-refractivity contribution in [1.82, 2.24) is 4.98 Å². The Hall–Kier alpha value is -1.88. The highest BCUT2D eigenvalue weighted by molar-refractivity contribution is 9.10. The number of aromatic nitrogens is 1. The first-order valence-corrected chi connectivity index (χ1v) is 6.58.